The van der Waals surface area contributed by atoms with E-state index in [1.807, 2.05) is 49.1 Å². The quantitative estimate of drug-likeness (QED) is 0.333. The van der Waals surface area contributed by atoms with E-state index in [0.29, 0.717) is 23.4 Å². The molecule has 7 heteroatoms. The Balaban J connectivity index is 1.59. The van der Waals surface area contributed by atoms with Crippen molar-refractivity contribution in [1.82, 2.24) is 20.4 Å². The first-order valence-electron chi connectivity index (χ1n) is 11.4. The van der Waals surface area contributed by atoms with Crippen LogP contribution in [-0.2, 0) is 6.54 Å². The lowest BCUT2D eigenvalue weighted by Gasteiger charge is -2.37. The zero-order valence-corrected chi connectivity index (χ0v) is 20.6. The van der Waals surface area contributed by atoms with E-state index >= 15 is 0 Å². The van der Waals surface area contributed by atoms with E-state index in [9.17, 15) is 4.39 Å². The van der Waals surface area contributed by atoms with E-state index in [1.165, 1.54) is 17.7 Å². The van der Waals surface area contributed by atoms with E-state index in [-0.39, 0.29) is 5.82 Å². The summed E-state index contributed by atoms with van der Waals surface area (Å²) in [7, 11) is 0. The van der Waals surface area contributed by atoms with Crippen molar-refractivity contribution in [3.63, 3.8) is 0 Å². The molecule has 1 aliphatic heterocycles. The lowest BCUT2D eigenvalue weighted by atomic mass is 9.94. The number of rotatable bonds is 5. The number of halogens is 1. The van der Waals surface area contributed by atoms with Crippen LogP contribution in [0, 0.1) is 19.7 Å². The molecule has 1 atom stereocenters. The van der Waals surface area contributed by atoms with E-state index < -0.39 is 6.04 Å². The summed E-state index contributed by atoms with van der Waals surface area (Å²) in [5, 5.41) is 8.17. The van der Waals surface area contributed by atoms with Gasteiger partial charge in [0, 0.05) is 17.8 Å². The first-order valence-corrected chi connectivity index (χ1v) is 11.8. The van der Waals surface area contributed by atoms with Gasteiger partial charge in [-0.3, -0.25) is 0 Å². The van der Waals surface area contributed by atoms with Gasteiger partial charge in [-0.15, -0.1) is 0 Å². The van der Waals surface area contributed by atoms with Crippen LogP contribution in [0.1, 0.15) is 41.1 Å². The van der Waals surface area contributed by atoms with Crippen molar-refractivity contribution in [2.45, 2.75) is 33.4 Å². The van der Waals surface area contributed by atoms with Crippen molar-refractivity contribution in [2.75, 3.05) is 0 Å². The summed E-state index contributed by atoms with van der Waals surface area (Å²) in [6, 6.07) is 22.3. The number of thiocarbonyl (C=S) groups is 1. The summed E-state index contributed by atoms with van der Waals surface area (Å²) in [4.78, 5) is 6.74. The number of nitrogens with zero attached hydrogens (tertiary/aromatic N) is 3. The number of nitrogens with one attached hydrogen (secondary N) is 1. The van der Waals surface area contributed by atoms with E-state index in [0.717, 1.165) is 33.5 Å². The maximum absolute atomic E-state index is 14.2. The van der Waals surface area contributed by atoms with Crippen LogP contribution in [0.2, 0.25) is 0 Å². The molecule has 176 valence electrons. The second-order valence-corrected chi connectivity index (χ2v) is 9.18. The van der Waals surface area contributed by atoms with Crippen LogP contribution in [-0.4, -0.2) is 20.2 Å². The fourth-order valence-corrected chi connectivity index (χ4v) is 4.53. The van der Waals surface area contributed by atoms with E-state index in [2.05, 4.69) is 41.7 Å². The summed E-state index contributed by atoms with van der Waals surface area (Å²) in [6.07, 6.45) is 0. The van der Waals surface area contributed by atoms with Crippen molar-refractivity contribution in [1.29, 1.82) is 0 Å². The van der Waals surface area contributed by atoms with Crippen molar-refractivity contribution in [3.8, 4) is 11.4 Å². The number of allylic oxidation sites excluding steroid dienone is 1. The smallest absolute Gasteiger partial charge is 0.258 e. The molecule has 0 saturated carbocycles. The highest BCUT2D eigenvalue weighted by Gasteiger charge is 2.34. The molecule has 1 unspecified atom stereocenters. The Morgan fingerprint density at radius 1 is 0.971 bits per heavy atom. The van der Waals surface area contributed by atoms with Crippen molar-refractivity contribution >= 4 is 22.9 Å². The maximum atomic E-state index is 14.2. The highest BCUT2D eigenvalue weighted by Crippen LogP contribution is 2.38. The Labute approximate surface area is 209 Å². The molecule has 1 aromatic heterocycles. The van der Waals surface area contributed by atoms with Gasteiger partial charge in [0.25, 0.3) is 5.89 Å². The number of hydrogen-bond donors (Lipinski definition) is 1. The molecule has 0 spiro atoms. The Morgan fingerprint density at radius 3 is 2.34 bits per heavy atom. The minimum atomic E-state index is -0.432. The van der Waals surface area contributed by atoms with Crippen molar-refractivity contribution < 1.29 is 8.91 Å². The molecule has 1 N–H and O–H groups in total. The molecule has 0 saturated heterocycles. The number of aryl methyl sites for hydroxylation is 2. The van der Waals surface area contributed by atoms with Crippen LogP contribution in [0.15, 0.2) is 83.0 Å². The normalized spacial score (nSPS) is 15.9. The lowest BCUT2D eigenvalue weighted by Crippen LogP contribution is -2.45. The monoisotopic (exact) mass is 484 g/mol. The van der Waals surface area contributed by atoms with Gasteiger partial charge < -0.3 is 14.7 Å². The fourth-order valence-electron chi connectivity index (χ4n) is 4.21. The molecule has 0 bridgehead atoms. The molecule has 0 radical (unpaired) electrons. The Bertz CT molecular complexity index is 1410. The predicted molar refractivity (Wildman–Crippen MR) is 139 cm³/mol. The summed E-state index contributed by atoms with van der Waals surface area (Å²) in [5.74, 6) is 0.549. The summed E-state index contributed by atoms with van der Waals surface area (Å²) >= 11 is 5.76. The zero-order chi connectivity index (χ0) is 24.5. The van der Waals surface area contributed by atoms with Gasteiger partial charge in [-0.05, 0) is 56.2 Å². The Morgan fingerprint density at radius 2 is 1.66 bits per heavy atom. The number of aromatic nitrogens is 2. The third kappa shape index (κ3) is 4.72. The van der Waals surface area contributed by atoms with Crippen molar-refractivity contribution in [2.24, 2.45) is 0 Å². The predicted octanol–water partition coefficient (Wildman–Crippen LogP) is 6.36. The molecule has 1 aliphatic rings. The molecule has 5 rings (SSSR count). The summed E-state index contributed by atoms with van der Waals surface area (Å²) in [5.41, 5.74) is 6.70. The van der Waals surface area contributed by atoms with Gasteiger partial charge in [-0.1, -0.05) is 76.9 Å². The Kier molecular flexibility index (Phi) is 6.17. The van der Waals surface area contributed by atoms with Gasteiger partial charge in [0.1, 0.15) is 5.82 Å². The molecule has 0 fully saturated rings. The number of hydrogen-bond acceptors (Lipinski definition) is 4. The first-order chi connectivity index (χ1) is 16.9. The second-order valence-electron chi connectivity index (χ2n) is 8.80. The molecule has 0 aliphatic carbocycles. The van der Waals surface area contributed by atoms with Gasteiger partial charge in [0.05, 0.1) is 11.6 Å². The van der Waals surface area contributed by atoms with Crippen molar-refractivity contribution in [3.05, 3.63) is 112 Å². The molecule has 4 aromatic rings. The molecule has 3 aromatic carbocycles. The standard InChI is InChI=1S/C28H25FN4OS/c1-17-7-11-20(12-8-17)16-33-19(3)24(25(30-28(33)35)22-5-4-6-23(29)15-22)27-31-26(32-34-27)21-13-9-18(2)10-14-21/h4-15,25H,16H2,1-3H3,(H,30,35). The Hall–Kier alpha value is -3.84. The van der Waals surface area contributed by atoms with E-state index in [4.69, 9.17) is 21.7 Å². The number of benzene rings is 3. The minimum absolute atomic E-state index is 0.319. The van der Waals surface area contributed by atoms with Crippen LogP contribution in [0.25, 0.3) is 17.0 Å². The van der Waals surface area contributed by atoms with Gasteiger partial charge in [0.15, 0.2) is 5.11 Å². The summed E-state index contributed by atoms with van der Waals surface area (Å²) in [6.45, 7) is 6.66. The average Bonchev–Trinajstić information content (AvgIpc) is 3.33. The van der Waals surface area contributed by atoms with Gasteiger partial charge >= 0.3 is 0 Å². The topological polar surface area (TPSA) is 54.2 Å². The molecule has 2 heterocycles. The lowest BCUT2D eigenvalue weighted by molar-refractivity contribution is 0.396. The van der Waals surface area contributed by atoms with Crippen LogP contribution in [0.5, 0.6) is 0 Å². The third-order valence-corrected chi connectivity index (χ3v) is 6.54. The SMILES string of the molecule is CC1=C(c2nc(-c3ccc(C)cc3)no2)C(c2cccc(F)c2)NC(=S)N1Cc1ccc(C)cc1. The fraction of sp³-hybridized carbons (Fsp3) is 0.179. The van der Waals surface area contributed by atoms with Gasteiger partial charge in [0.2, 0.25) is 5.82 Å². The first kappa shape index (κ1) is 22.9. The molecule has 0 amide bonds. The zero-order valence-electron chi connectivity index (χ0n) is 19.7. The molecular weight excluding hydrogens is 459 g/mol. The van der Waals surface area contributed by atoms with Crippen LogP contribution in [0.4, 0.5) is 4.39 Å². The van der Waals surface area contributed by atoms with Crippen LogP contribution >= 0.6 is 12.2 Å². The largest absolute Gasteiger partial charge is 0.351 e. The average molecular weight is 485 g/mol. The highest BCUT2D eigenvalue weighted by molar-refractivity contribution is 7.80. The maximum Gasteiger partial charge on any atom is 0.258 e. The van der Waals surface area contributed by atoms with E-state index in [1.54, 1.807) is 6.07 Å². The minimum Gasteiger partial charge on any atom is -0.351 e. The van der Waals surface area contributed by atoms with Gasteiger partial charge in [-0.2, -0.15) is 4.98 Å². The van der Waals surface area contributed by atoms with Crippen LogP contribution < -0.4 is 5.32 Å². The van der Waals surface area contributed by atoms with Crippen LogP contribution in [0.3, 0.4) is 0 Å². The second kappa shape index (κ2) is 9.43. The van der Waals surface area contributed by atoms with Gasteiger partial charge in [-0.25, -0.2) is 4.39 Å². The summed E-state index contributed by atoms with van der Waals surface area (Å²) < 4.78 is 19.9. The third-order valence-electron chi connectivity index (χ3n) is 6.21. The highest BCUT2D eigenvalue weighted by atomic mass is 32.1. The molecule has 5 nitrogen and oxygen atoms in total. The molecule has 35 heavy (non-hydrogen) atoms. The molecular formula is C28H25FN4OS.